The van der Waals surface area contributed by atoms with Gasteiger partial charge in [-0.1, -0.05) is 37.3 Å². The van der Waals surface area contributed by atoms with Gasteiger partial charge in [0.05, 0.1) is 13.0 Å². The Morgan fingerprint density at radius 3 is 3.04 bits per heavy atom. The van der Waals surface area contributed by atoms with Gasteiger partial charge >= 0.3 is 5.97 Å². The number of hydrogen-bond donors (Lipinski definition) is 1. The number of hydrogen-bond acceptors (Lipinski definition) is 3. The van der Waals surface area contributed by atoms with E-state index in [1.165, 1.54) is 18.1 Å². The highest BCUT2D eigenvalue weighted by Crippen LogP contribution is 2.42. The molecule has 4 rings (SSSR count). The van der Waals surface area contributed by atoms with Gasteiger partial charge in [-0.3, -0.25) is 9.69 Å². The molecule has 0 fully saturated rings. The van der Waals surface area contributed by atoms with E-state index in [0.29, 0.717) is 0 Å². The minimum Gasteiger partial charge on any atom is -0.469 e. The fourth-order valence-electron chi connectivity index (χ4n) is 4.60. The van der Waals surface area contributed by atoms with Crippen LogP contribution in [0.2, 0.25) is 0 Å². The normalized spacial score (nSPS) is 28.7. The highest BCUT2D eigenvalue weighted by molar-refractivity contribution is 5.88. The van der Waals surface area contributed by atoms with Crippen LogP contribution in [-0.4, -0.2) is 42.6 Å². The van der Waals surface area contributed by atoms with Crippen LogP contribution in [0.1, 0.15) is 36.9 Å². The lowest BCUT2D eigenvalue weighted by Crippen LogP contribution is -2.41. The first-order chi connectivity index (χ1) is 12.2. The van der Waals surface area contributed by atoms with Crippen molar-refractivity contribution in [2.45, 2.75) is 32.1 Å². The van der Waals surface area contributed by atoms with Gasteiger partial charge in [0.1, 0.15) is 0 Å². The van der Waals surface area contributed by atoms with E-state index in [4.69, 9.17) is 4.74 Å². The van der Waals surface area contributed by atoms with Crippen molar-refractivity contribution in [3.8, 4) is 0 Å². The van der Waals surface area contributed by atoms with E-state index in [9.17, 15) is 4.79 Å². The number of aromatic amines is 1. The number of rotatable bonds is 2. The molecule has 0 aliphatic carbocycles. The lowest BCUT2D eigenvalue weighted by atomic mass is 9.74. The average Bonchev–Trinajstić information content (AvgIpc) is 3.03. The van der Waals surface area contributed by atoms with Crippen molar-refractivity contribution in [3.05, 3.63) is 47.7 Å². The van der Waals surface area contributed by atoms with Gasteiger partial charge in [-0.25, -0.2) is 0 Å². The van der Waals surface area contributed by atoms with Gasteiger partial charge in [-0.2, -0.15) is 0 Å². The number of aromatic nitrogens is 1. The summed E-state index contributed by atoms with van der Waals surface area (Å²) in [7, 11) is 1.50. The van der Waals surface area contributed by atoms with E-state index in [0.717, 1.165) is 50.1 Å². The van der Waals surface area contributed by atoms with Gasteiger partial charge in [0.15, 0.2) is 0 Å². The van der Waals surface area contributed by atoms with Gasteiger partial charge in [-0.05, 0) is 30.9 Å². The summed E-state index contributed by atoms with van der Waals surface area (Å²) < 4.78 is 5.21. The summed E-state index contributed by atoms with van der Waals surface area (Å²) in [5.41, 5.74) is 3.49. The largest absolute Gasteiger partial charge is 0.469 e. The Kier molecular flexibility index (Phi) is 4.16. The minimum absolute atomic E-state index is 0.0377. The lowest BCUT2D eigenvalue weighted by Gasteiger charge is -2.39. The number of para-hydroxylation sites is 1. The highest BCUT2D eigenvalue weighted by atomic mass is 16.5. The van der Waals surface area contributed by atoms with Crippen LogP contribution in [0, 0.1) is 5.41 Å². The molecular weight excluding hydrogens is 312 g/mol. The maximum atomic E-state index is 12.7. The summed E-state index contributed by atoms with van der Waals surface area (Å²) in [5, 5.41) is 1.24. The van der Waals surface area contributed by atoms with Crippen molar-refractivity contribution in [1.82, 2.24) is 9.88 Å². The van der Waals surface area contributed by atoms with Gasteiger partial charge in [-0.15, -0.1) is 0 Å². The number of carbonyl (C=O) groups excluding carboxylic acids is 1. The van der Waals surface area contributed by atoms with E-state index in [1.54, 1.807) is 0 Å². The van der Waals surface area contributed by atoms with Crippen LogP contribution in [0.25, 0.3) is 10.9 Å². The molecule has 2 aromatic rings. The summed E-state index contributed by atoms with van der Waals surface area (Å²) in [4.78, 5) is 18.8. The van der Waals surface area contributed by atoms with Crippen LogP contribution in [0.4, 0.5) is 0 Å². The van der Waals surface area contributed by atoms with E-state index < -0.39 is 0 Å². The second kappa shape index (κ2) is 6.34. The Morgan fingerprint density at radius 2 is 2.24 bits per heavy atom. The highest BCUT2D eigenvalue weighted by Gasteiger charge is 2.39. The first-order valence-electron chi connectivity index (χ1n) is 9.23. The van der Waals surface area contributed by atoms with E-state index >= 15 is 0 Å². The summed E-state index contributed by atoms with van der Waals surface area (Å²) in [6.45, 7) is 5.28. The molecule has 0 amide bonds. The smallest absolute Gasteiger partial charge is 0.314 e. The molecule has 1 aromatic carbocycles. The van der Waals surface area contributed by atoms with Crippen LogP contribution in [-0.2, 0) is 16.0 Å². The maximum Gasteiger partial charge on any atom is 0.314 e. The summed E-state index contributed by atoms with van der Waals surface area (Å²) >= 11 is 0. The molecule has 0 spiro atoms. The predicted molar refractivity (Wildman–Crippen MR) is 99.7 cm³/mol. The predicted octanol–water partition coefficient (Wildman–Crippen LogP) is 3.64. The van der Waals surface area contributed by atoms with Gasteiger partial charge in [0, 0.05) is 41.6 Å². The minimum atomic E-state index is -0.241. The molecule has 132 valence electrons. The third-order valence-electron chi connectivity index (χ3n) is 6.05. The van der Waals surface area contributed by atoms with Crippen molar-refractivity contribution in [2.24, 2.45) is 5.41 Å². The fourth-order valence-corrected chi connectivity index (χ4v) is 4.60. The molecule has 0 radical (unpaired) electrons. The van der Waals surface area contributed by atoms with Crippen molar-refractivity contribution < 1.29 is 9.53 Å². The average molecular weight is 338 g/mol. The Hall–Kier alpha value is -2.07. The summed E-state index contributed by atoms with van der Waals surface area (Å²) in [5.74, 6) is -0.372. The quantitative estimate of drug-likeness (QED) is 0.672. The van der Waals surface area contributed by atoms with Crippen molar-refractivity contribution in [1.29, 1.82) is 0 Å². The third kappa shape index (κ3) is 2.78. The van der Waals surface area contributed by atoms with Crippen molar-refractivity contribution in [3.63, 3.8) is 0 Å². The van der Waals surface area contributed by atoms with E-state index in [2.05, 4.69) is 47.2 Å². The number of carbonyl (C=O) groups is 1. The second-order valence-corrected chi connectivity index (χ2v) is 7.45. The first kappa shape index (κ1) is 16.4. The van der Waals surface area contributed by atoms with E-state index in [-0.39, 0.29) is 17.3 Å². The SMILES string of the molecule is CC[C@@]12C=CCN(CCc3c([nH]c4ccccc34)[C@H](C(=O)OC)C1)C2. The van der Waals surface area contributed by atoms with Crippen molar-refractivity contribution in [2.75, 3.05) is 26.7 Å². The topological polar surface area (TPSA) is 45.3 Å². The molecule has 4 nitrogen and oxygen atoms in total. The summed E-state index contributed by atoms with van der Waals surface area (Å²) in [6.07, 6.45) is 7.40. The van der Waals surface area contributed by atoms with Crippen molar-refractivity contribution >= 4 is 16.9 Å². The Morgan fingerprint density at radius 1 is 1.40 bits per heavy atom. The molecule has 0 saturated carbocycles. The number of ether oxygens (including phenoxy) is 1. The molecule has 1 unspecified atom stereocenters. The Labute approximate surface area is 148 Å². The van der Waals surface area contributed by atoms with Gasteiger partial charge < -0.3 is 9.72 Å². The monoisotopic (exact) mass is 338 g/mol. The van der Waals surface area contributed by atoms with Crippen LogP contribution >= 0.6 is 0 Å². The molecule has 2 aliphatic heterocycles. The Bertz CT molecular complexity index is 822. The van der Waals surface area contributed by atoms with Crippen LogP contribution < -0.4 is 0 Å². The molecular formula is C21H26N2O2. The molecule has 0 saturated heterocycles. The number of nitrogens with one attached hydrogen (secondary N) is 1. The zero-order chi connectivity index (χ0) is 17.4. The zero-order valence-electron chi connectivity index (χ0n) is 15.0. The first-order valence-corrected chi connectivity index (χ1v) is 9.23. The van der Waals surface area contributed by atoms with Gasteiger partial charge in [0.2, 0.25) is 0 Å². The number of esters is 1. The lowest BCUT2D eigenvalue weighted by molar-refractivity contribution is -0.143. The number of nitrogens with zero attached hydrogens (tertiary/aromatic N) is 1. The molecule has 2 aliphatic rings. The number of benzene rings is 1. The molecule has 25 heavy (non-hydrogen) atoms. The number of methoxy groups -OCH3 is 1. The maximum absolute atomic E-state index is 12.7. The van der Waals surface area contributed by atoms with E-state index in [1.807, 2.05) is 6.07 Å². The Balaban J connectivity index is 1.88. The number of H-pyrrole nitrogens is 1. The molecule has 2 bridgehead atoms. The number of fused-ring (bicyclic) bond motifs is 5. The molecule has 1 aromatic heterocycles. The van der Waals surface area contributed by atoms with Crippen LogP contribution in [0.15, 0.2) is 36.4 Å². The standard InChI is InChI=1S/C21H26N2O2/c1-3-21-10-6-11-23(14-21)12-9-16-15-7-4-5-8-18(15)22-19(16)17(13-21)20(24)25-2/h4-8,10,17,22H,3,9,11-14H2,1-2H3/t17-,21-/m1/s1. The van der Waals surface area contributed by atoms with Crippen LogP contribution in [0.5, 0.6) is 0 Å². The molecule has 1 N–H and O–H groups in total. The molecule has 4 heteroatoms. The molecule has 3 atom stereocenters. The van der Waals surface area contributed by atoms with Crippen LogP contribution in [0.3, 0.4) is 0 Å². The van der Waals surface area contributed by atoms with Gasteiger partial charge in [0.25, 0.3) is 0 Å². The molecule has 3 heterocycles. The second-order valence-electron chi connectivity index (χ2n) is 7.45. The zero-order valence-corrected chi connectivity index (χ0v) is 15.0. The summed E-state index contributed by atoms with van der Waals surface area (Å²) in [6, 6.07) is 8.37. The fraction of sp³-hybridized carbons (Fsp3) is 0.476. The third-order valence-corrected chi connectivity index (χ3v) is 6.05.